The molecule has 190 valence electrons. The first-order valence-corrected chi connectivity index (χ1v) is 12.4. The zero-order valence-corrected chi connectivity index (χ0v) is 20.6. The molecule has 0 radical (unpaired) electrons. The standard InChI is InChI=1S/C30H30FN3O3/c31-27-8-4-7-24(30(27)35)21-34-13-14-36-15-16-37-28-11-10-26(33-29-9-1-2-12-32-29)19-25(28)18-22-5-3-6-23(17-22)20-34/h1-12,17,19,35H,13-16,18,20-21H2,(H,32,33). The maximum Gasteiger partial charge on any atom is 0.165 e. The summed E-state index contributed by atoms with van der Waals surface area (Å²) in [5.74, 6) is 0.715. The Labute approximate surface area is 216 Å². The summed E-state index contributed by atoms with van der Waals surface area (Å²) in [4.78, 5) is 6.51. The van der Waals surface area contributed by atoms with E-state index in [0.29, 0.717) is 51.4 Å². The number of para-hydroxylation sites is 1. The second-order valence-corrected chi connectivity index (χ2v) is 9.08. The van der Waals surface area contributed by atoms with E-state index < -0.39 is 5.82 Å². The van der Waals surface area contributed by atoms with Gasteiger partial charge in [-0.05, 0) is 47.5 Å². The van der Waals surface area contributed by atoms with Gasteiger partial charge in [-0.3, -0.25) is 4.90 Å². The predicted octanol–water partition coefficient (Wildman–Crippen LogP) is 5.67. The SMILES string of the molecule is Oc1c(F)cccc1CN1CCOCCOc2ccc(Nc3ccccn3)cc2Cc2cccc(c2)C1. The lowest BCUT2D eigenvalue weighted by atomic mass is 10.0. The zero-order chi connectivity index (χ0) is 25.5. The maximum absolute atomic E-state index is 13.9. The molecule has 37 heavy (non-hydrogen) atoms. The monoisotopic (exact) mass is 499 g/mol. The summed E-state index contributed by atoms with van der Waals surface area (Å²) in [6, 6.07) is 24.9. The minimum atomic E-state index is -0.606. The number of phenolic OH excluding ortho intramolecular Hbond substituents is 1. The van der Waals surface area contributed by atoms with Crippen molar-refractivity contribution in [2.75, 3.05) is 31.7 Å². The van der Waals surface area contributed by atoms with E-state index in [1.165, 1.54) is 11.6 Å². The molecular weight excluding hydrogens is 469 g/mol. The minimum absolute atomic E-state index is 0.295. The van der Waals surface area contributed by atoms with Crippen LogP contribution >= 0.6 is 0 Å². The number of benzene rings is 3. The zero-order valence-electron chi connectivity index (χ0n) is 20.6. The first kappa shape index (κ1) is 24.7. The summed E-state index contributed by atoms with van der Waals surface area (Å²) in [7, 11) is 0. The third-order valence-electron chi connectivity index (χ3n) is 6.29. The van der Waals surface area contributed by atoms with Crippen molar-refractivity contribution in [3.8, 4) is 11.5 Å². The van der Waals surface area contributed by atoms with Gasteiger partial charge in [0.15, 0.2) is 11.6 Å². The lowest BCUT2D eigenvalue weighted by molar-refractivity contribution is 0.0755. The fourth-order valence-electron chi connectivity index (χ4n) is 4.49. The van der Waals surface area contributed by atoms with Crippen LogP contribution in [0.3, 0.4) is 0 Å². The van der Waals surface area contributed by atoms with E-state index in [2.05, 4.69) is 45.5 Å². The number of aromatic nitrogens is 1. The lowest BCUT2D eigenvalue weighted by Crippen LogP contribution is -2.27. The van der Waals surface area contributed by atoms with E-state index in [9.17, 15) is 9.50 Å². The van der Waals surface area contributed by atoms with E-state index in [0.717, 1.165) is 28.4 Å². The highest BCUT2D eigenvalue weighted by Gasteiger charge is 2.14. The summed E-state index contributed by atoms with van der Waals surface area (Å²) in [6.45, 7) is 3.09. The highest BCUT2D eigenvalue weighted by Crippen LogP contribution is 2.28. The number of hydrogen-bond acceptors (Lipinski definition) is 6. The van der Waals surface area contributed by atoms with Crippen molar-refractivity contribution in [1.82, 2.24) is 9.88 Å². The second kappa shape index (κ2) is 11.9. The minimum Gasteiger partial charge on any atom is -0.505 e. The fourth-order valence-corrected chi connectivity index (χ4v) is 4.49. The largest absolute Gasteiger partial charge is 0.505 e. The summed E-state index contributed by atoms with van der Waals surface area (Å²) in [6.07, 6.45) is 2.46. The van der Waals surface area contributed by atoms with Crippen molar-refractivity contribution < 1.29 is 19.0 Å². The van der Waals surface area contributed by atoms with Gasteiger partial charge in [0.1, 0.15) is 18.2 Å². The molecule has 0 fully saturated rings. The van der Waals surface area contributed by atoms with Gasteiger partial charge in [0.05, 0.1) is 13.2 Å². The summed E-state index contributed by atoms with van der Waals surface area (Å²) in [5.41, 5.74) is 4.87. The van der Waals surface area contributed by atoms with Gasteiger partial charge >= 0.3 is 0 Å². The third-order valence-corrected chi connectivity index (χ3v) is 6.29. The van der Waals surface area contributed by atoms with E-state index in [4.69, 9.17) is 9.47 Å². The smallest absolute Gasteiger partial charge is 0.165 e. The molecule has 5 rings (SSSR count). The number of fused-ring (bicyclic) bond motifs is 3. The van der Waals surface area contributed by atoms with Crippen LogP contribution in [-0.2, 0) is 24.2 Å². The quantitative estimate of drug-likeness (QED) is 0.377. The Bertz CT molecular complexity index is 1330. The van der Waals surface area contributed by atoms with E-state index >= 15 is 0 Å². The molecule has 0 unspecified atom stereocenters. The molecule has 1 aliphatic heterocycles. The highest BCUT2D eigenvalue weighted by atomic mass is 19.1. The Hall–Kier alpha value is -3.94. The molecule has 2 N–H and O–H groups in total. The number of phenols is 1. The van der Waals surface area contributed by atoms with Crippen molar-refractivity contribution in [1.29, 1.82) is 0 Å². The number of nitrogens with zero attached hydrogens (tertiary/aromatic N) is 2. The van der Waals surface area contributed by atoms with E-state index in [1.54, 1.807) is 18.3 Å². The molecule has 0 aliphatic carbocycles. The molecule has 0 atom stereocenters. The average Bonchev–Trinajstić information content (AvgIpc) is 2.90. The Morgan fingerprint density at radius 3 is 2.70 bits per heavy atom. The molecular formula is C30H30FN3O3. The Morgan fingerprint density at radius 2 is 1.81 bits per heavy atom. The number of nitrogens with one attached hydrogen (secondary N) is 1. The number of ether oxygens (including phenoxy) is 2. The Kier molecular flexibility index (Phi) is 7.93. The number of rotatable bonds is 4. The fraction of sp³-hybridized carbons (Fsp3) is 0.233. The topological polar surface area (TPSA) is 66.9 Å². The van der Waals surface area contributed by atoms with Crippen LogP contribution < -0.4 is 10.1 Å². The van der Waals surface area contributed by atoms with Crippen LogP contribution in [0.25, 0.3) is 0 Å². The molecule has 0 saturated carbocycles. The normalized spacial score (nSPS) is 14.7. The molecule has 4 aromatic rings. The molecule has 2 bridgehead atoms. The van der Waals surface area contributed by atoms with Crippen LogP contribution in [0.5, 0.6) is 11.5 Å². The van der Waals surface area contributed by atoms with E-state index in [1.807, 2.05) is 30.3 Å². The van der Waals surface area contributed by atoms with Crippen LogP contribution in [0, 0.1) is 5.82 Å². The van der Waals surface area contributed by atoms with Crippen molar-refractivity contribution in [2.24, 2.45) is 0 Å². The Morgan fingerprint density at radius 1 is 0.919 bits per heavy atom. The number of aromatic hydroxyl groups is 1. The molecule has 3 aromatic carbocycles. The van der Waals surface area contributed by atoms with Gasteiger partial charge in [-0.2, -0.15) is 0 Å². The number of pyridine rings is 1. The molecule has 7 heteroatoms. The lowest BCUT2D eigenvalue weighted by Gasteiger charge is -2.24. The van der Waals surface area contributed by atoms with Gasteiger partial charge in [-0.1, -0.05) is 42.5 Å². The average molecular weight is 500 g/mol. The van der Waals surface area contributed by atoms with Crippen molar-refractivity contribution in [2.45, 2.75) is 19.5 Å². The Balaban J connectivity index is 1.39. The molecule has 1 aliphatic rings. The first-order chi connectivity index (χ1) is 18.1. The molecule has 2 heterocycles. The third kappa shape index (κ3) is 6.64. The molecule has 1 aromatic heterocycles. The summed E-state index contributed by atoms with van der Waals surface area (Å²) in [5, 5.41) is 13.6. The van der Waals surface area contributed by atoms with Crippen LogP contribution in [0.15, 0.2) is 85.1 Å². The molecule has 6 nitrogen and oxygen atoms in total. The number of anilines is 2. The second-order valence-electron chi connectivity index (χ2n) is 9.08. The van der Waals surface area contributed by atoms with Crippen molar-refractivity contribution in [3.05, 3.63) is 113 Å². The number of hydrogen-bond donors (Lipinski definition) is 2. The van der Waals surface area contributed by atoms with Crippen LogP contribution in [0.1, 0.15) is 22.3 Å². The molecule has 0 saturated heterocycles. The van der Waals surface area contributed by atoms with E-state index in [-0.39, 0.29) is 5.75 Å². The van der Waals surface area contributed by atoms with Gasteiger partial charge in [-0.15, -0.1) is 0 Å². The maximum atomic E-state index is 13.9. The number of halogens is 1. The molecule has 0 spiro atoms. The van der Waals surface area contributed by atoms with Crippen molar-refractivity contribution in [3.63, 3.8) is 0 Å². The van der Waals surface area contributed by atoms with Crippen LogP contribution in [0.4, 0.5) is 15.9 Å². The van der Waals surface area contributed by atoms with Gasteiger partial charge in [0.25, 0.3) is 0 Å². The van der Waals surface area contributed by atoms with Crippen LogP contribution in [0.2, 0.25) is 0 Å². The van der Waals surface area contributed by atoms with Crippen LogP contribution in [-0.4, -0.2) is 41.4 Å². The summed E-state index contributed by atoms with van der Waals surface area (Å²) >= 11 is 0. The van der Waals surface area contributed by atoms with Gasteiger partial charge in [0.2, 0.25) is 0 Å². The van der Waals surface area contributed by atoms with Gasteiger partial charge < -0.3 is 19.9 Å². The first-order valence-electron chi connectivity index (χ1n) is 12.4. The molecule has 0 amide bonds. The van der Waals surface area contributed by atoms with Crippen molar-refractivity contribution >= 4 is 11.5 Å². The summed E-state index contributed by atoms with van der Waals surface area (Å²) < 4.78 is 25.9. The highest BCUT2D eigenvalue weighted by molar-refractivity contribution is 5.59. The van der Waals surface area contributed by atoms with Gasteiger partial charge in [-0.25, -0.2) is 9.37 Å². The van der Waals surface area contributed by atoms with Gasteiger partial charge in [0, 0.05) is 49.1 Å². The predicted molar refractivity (Wildman–Crippen MR) is 142 cm³/mol.